The van der Waals surface area contributed by atoms with E-state index in [0.717, 1.165) is 38.3 Å². The van der Waals surface area contributed by atoms with E-state index in [1.54, 1.807) is 11.8 Å². The Morgan fingerprint density at radius 3 is 2.77 bits per heavy atom. The van der Waals surface area contributed by atoms with Crippen molar-refractivity contribution in [1.29, 1.82) is 0 Å². The monoisotopic (exact) mass is 429 g/mol. The summed E-state index contributed by atoms with van der Waals surface area (Å²) in [5.74, 6) is 2.32. The van der Waals surface area contributed by atoms with Gasteiger partial charge in [-0.25, -0.2) is 4.98 Å². The number of benzene rings is 1. The lowest BCUT2D eigenvalue weighted by Crippen LogP contribution is -2.04. The summed E-state index contributed by atoms with van der Waals surface area (Å²) >= 11 is 5.02. The molecule has 0 N–H and O–H groups in total. The Hall–Kier alpha value is -2.32. The molecule has 0 saturated carbocycles. The van der Waals surface area contributed by atoms with Crippen LogP contribution in [0.1, 0.15) is 11.5 Å². The van der Waals surface area contributed by atoms with Crippen LogP contribution >= 0.6 is 27.7 Å². The minimum atomic E-state index is 0.375. The fourth-order valence-corrected chi connectivity index (χ4v) is 3.55. The van der Waals surface area contributed by atoms with Gasteiger partial charge in [-0.05, 0) is 36.4 Å². The number of imidazole rings is 1. The van der Waals surface area contributed by atoms with Gasteiger partial charge in [-0.2, -0.15) is 0 Å². The van der Waals surface area contributed by atoms with Crippen LogP contribution in [0, 0.1) is 0 Å². The van der Waals surface area contributed by atoms with E-state index in [4.69, 9.17) is 4.74 Å². The highest BCUT2D eigenvalue weighted by Gasteiger charge is 2.11. The molecule has 6 nitrogen and oxygen atoms in total. The van der Waals surface area contributed by atoms with Crippen LogP contribution in [-0.2, 0) is 19.4 Å². The molecule has 0 aliphatic rings. The molecular weight excluding hydrogens is 414 g/mol. The SMILES string of the molecule is Cn1c(COc2ccc(Br)cc2)nnc1SCc1cn2ccccc2n1. The quantitative estimate of drug-likeness (QED) is 0.431. The molecule has 0 radical (unpaired) electrons. The summed E-state index contributed by atoms with van der Waals surface area (Å²) in [4.78, 5) is 4.60. The second-order valence-electron chi connectivity index (χ2n) is 5.69. The van der Waals surface area contributed by atoms with Gasteiger partial charge in [-0.15, -0.1) is 10.2 Å². The Balaban J connectivity index is 1.39. The van der Waals surface area contributed by atoms with E-state index in [1.807, 2.05) is 70.9 Å². The molecule has 4 rings (SSSR count). The second-order valence-corrected chi connectivity index (χ2v) is 7.55. The summed E-state index contributed by atoms with van der Waals surface area (Å²) in [6, 6.07) is 13.7. The number of aromatic nitrogens is 5. The molecule has 3 heterocycles. The maximum Gasteiger partial charge on any atom is 0.191 e. The van der Waals surface area contributed by atoms with Crippen LogP contribution in [0.4, 0.5) is 0 Å². The van der Waals surface area contributed by atoms with Crippen LogP contribution in [0.25, 0.3) is 5.65 Å². The largest absolute Gasteiger partial charge is 0.486 e. The van der Waals surface area contributed by atoms with Crippen LogP contribution < -0.4 is 4.74 Å². The highest BCUT2D eigenvalue weighted by molar-refractivity contribution is 9.10. The molecule has 0 fully saturated rings. The van der Waals surface area contributed by atoms with Gasteiger partial charge in [0.25, 0.3) is 0 Å². The molecule has 0 aliphatic heterocycles. The molecule has 0 atom stereocenters. The van der Waals surface area contributed by atoms with Crippen LogP contribution in [0.5, 0.6) is 5.75 Å². The summed E-state index contributed by atoms with van der Waals surface area (Å²) in [6.07, 6.45) is 4.03. The fraction of sp³-hybridized carbons (Fsp3) is 0.167. The Morgan fingerprint density at radius 2 is 1.96 bits per heavy atom. The first-order chi connectivity index (χ1) is 12.7. The van der Waals surface area contributed by atoms with Crippen molar-refractivity contribution in [2.24, 2.45) is 7.05 Å². The molecule has 0 bridgehead atoms. The lowest BCUT2D eigenvalue weighted by Gasteiger charge is -2.06. The zero-order valence-electron chi connectivity index (χ0n) is 14.0. The highest BCUT2D eigenvalue weighted by Crippen LogP contribution is 2.22. The first-order valence-corrected chi connectivity index (χ1v) is 9.79. The molecule has 8 heteroatoms. The van der Waals surface area contributed by atoms with Gasteiger partial charge >= 0.3 is 0 Å². The van der Waals surface area contributed by atoms with Crippen molar-refractivity contribution in [3.05, 3.63) is 70.8 Å². The first-order valence-electron chi connectivity index (χ1n) is 8.01. The van der Waals surface area contributed by atoms with Gasteiger partial charge < -0.3 is 13.7 Å². The molecule has 3 aromatic heterocycles. The lowest BCUT2D eigenvalue weighted by atomic mass is 10.3. The zero-order chi connectivity index (χ0) is 17.9. The smallest absolute Gasteiger partial charge is 0.191 e. The van der Waals surface area contributed by atoms with Crippen LogP contribution in [0.2, 0.25) is 0 Å². The van der Waals surface area contributed by atoms with Crippen molar-refractivity contribution < 1.29 is 4.74 Å². The average molecular weight is 430 g/mol. The van der Waals surface area contributed by atoms with E-state index in [9.17, 15) is 0 Å². The Kier molecular flexibility index (Phi) is 4.94. The van der Waals surface area contributed by atoms with Crippen molar-refractivity contribution >= 4 is 33.3 Å². The van der Waals surface area contributed by atoms with Crippen molar-refractivity contribution in [3.8, 4) is 5.75 Å². The topological polar surface area (TPSA) is 57.2 Å². The Morgan fingerprint density at radius 1 is 1.12 bits per heavy atom. The molecule has 0 amide bonds. The zero-order valence-corrected chi connectivity index (χ0v) is 16.4. The number of nitrogens with zero attached hydrogens (tertiary/aromatic N) is 5. The van der Waals surface area contributed by atoms with Gasteiger partial charge in [0, 0.05) is 29.7 Å². The van der Waals surface area contributed by atoms with Crippen LogP contribution in [-0.4, -0.2) is 24.1 Å². The summed E-state index contributed by atoms with van der Waals surface area (Å²) < 4.78 is 10.8. The number of hydrogen-bond acceptors (Lipinski definition) is 5. The van der Waals surface area contributed by atoms with E-state index >= 15 is 0 Å². The standard InChI is InChI=1S/C18H16BrN5OS/c1-23-17(11-25-15-7-5-13(19)6-8-15)21-22-18(23)26-12-14-10-24-9-3-2-4-16(24)20-14/h2-10H,11-12H2,1H3. The van der Waals surface area contributed by atoms with Crippen molar-refractivity contribution in [1.82, 2.24) is 24.1 Å². The van der Waals surface area contributed by atoms with Crippen molar-refractivity contribution in [2.45, 2.75) is 17.5 Å². The molecule has 0 unspecified atom stereocenters. The van der Waals surface area contributed by atoms with Gasteiger partial charge in [-0.3, -0.25) is 0 Å². The normalized spacial score (nSPS) is 11.2. The van der Waals surface area contributed by atoms with Gasteiger partial charge in [0.1, 0.15) is 18.0 Å². The van der Waals surface area contributed by atoms with Gasteiger partial charge in [0.05, 0.1) is 5.69 Å². The predicted molar refractivity (Wildman–Crippen MR) is 104 cm³/mol. The van der Waals surface area contributed by atoms with E-state index in [0.29, 0.717) is 6.61 Å². The predicted octanol–water partition coefficient (Wildman–Crippen LogP) is 4.10. The summed E-state index contributed by atoms with van der Waals surface area (Å²) in [5, 5.41) is 9.34. The summed E-state index contributed by atoms with van der Waals surface area (Å²) in [5.41, 5.74) is 1.96. The molecule has 132 valence electrons. The summed E-state index contributed by atoms with van der Waals surface area (Å²) in [6.45, 7) is 0.375. The second kappa shape index (κ2) is 7.51. The Labute approximate surface area is 163 Å². The van der Waals surface area contributed by atoms with E-state index in [-0.39, 0.29) is 0 Å². The van der Waals surface area contributed by atoms with Crippen LogP contribution in [0.3, 0.4) is 0 Å². The number of fused-ring (bicyclic) bond motifs is 1. The average Bonchev–Trinajstić information content (AvgIpc) is 3.22. The number of pyridine rings is 1. The Bertz CT molecular complexity index is 995. The third kappa shape index (κ3) is 3.76. The third-order valence-corrected chi connectivity index (χ3v) is 5.45. The van der Waals surface area contributed by atoms with Gasteiger partial charge in [0.2, 0.25) is 0 Å². The minimum Gasteiger partial charge on any atom is -0.486 e. The van der Waals surface area contributed by atoms with E-state index in [1.165, 1.54) is 0 Å². The molecule has 4 aromatic rings. The minimum absolute atomic E-state index is 0.375. The molecular formula is C18H16BrN5OS. The maximum absolute atomic E-state index is 5.77. The number of ether oxygens (including phenoxy) is 1. The summed E-state index contributed by atoms with van der Waals surface area (Å²) in [7, 11) is 1.95. The molecule has 0 saturated heterocycles. The van der Waals surface area contributed by atoms with Crippen molar-refractivity contribution in [2.75, 3.05) is 0 Å². The molecule has 1 aromatic carbocycles. The molecule has 26 heavy (non-hydrogen) atoms. The number of hydrogen-bond donors (Lipinski definition) is 0. The van der Waals surface area contributed by atoms with E-state index in [2.05, 4.69) is 31.1 Å². The van der Waals surface area contributed by atoms with Gasteiger partial charge in [-0.1, -0.05) is 33.8 Å². The lowest BCUT2D eigenvalue weighted by molar-refractivity contribution is 0.290. The number of thioether (sulfide) groups is 1. The third-order valence-electron chi connectivity index (χ3n) is 3.87. The van der Waals surface area contributed by atoms with Gasteiger partial charge in [0.15, 0.2) is 11.0 Å². The maximum atomic E-state index is 5.77. The fourth-order valence-electron chi connectivity index (χ4n) is 2.47. The number of halogens is 1. The number of rotatable bonds is 6. The highest BCUT2D eigenvalue weighted by atomic mass is 79.9. The van der Waals surface area contributed by atoms with Crippen LogP contribution in [0.15, 0.2) is 64.5 Å². The first kappa shape index (κ1) is 17.1. The van der Waals surface area contributed by atoms with E-state index < -0.39 is 0 Å². The molecule has 0 aliphatic carbocycles. The molecule has 0 spiro atoms. The van der Waals surface area contributed by atoms with Crippen molar-refractivity contribution in [3.63, 3.8) is 0 Å².